The molecule has 87 valence electrons. The van der Waals surface area contributed by atoms with Gasteiger partial charge in [0.05, 0.1) is 6.04 Å². The molecule has 4 nitrogen and oxygen atoms in total. The van der Waals surface area contributed by atoms with Crippen LogP contribution >= 0.6 is 0 Å². The average Bonchev–Trinajstić information content (AvgIpc) is 2.38. The van der Waals surface area contributed by atoms with Crippen molar-refractivity contribution in [3.63, 3.8) is 0 Å². The van der Waals surface area contributed by atoms with Gasteiger partial charge in [0, 0.05) is 38.6 Å². The van der Waals surface area contributed by atoms with Crippen LogP contribution in [0.3, 0.4) is 0 Å². The van der Waals surface area contributed by atoms with E-state index in [1.807, 2.05) is 18.5 Å². The fraction of sp³-hybridized carbons (Fsp3) is 0.583. The third kappa shape index (κ3) is 2.77. The number of hydrogen-bond acceptors (Lipinski definition) is 4. The SMILES string of the molecule is [CH2]CCC(c1ncccn1)N1CCNCC1. The molecule has 1 aliphatic rings. The van der Waals surface area contributed by atoms with Crippen molar-refractivity contribution in [1.29, 1.82) is 0 Å². The second-order valence-corrected chi connectivity index (χ2v) is 4.05. The fourth-order valence-electron chi connectivity index (χ4n) is 2.14. The molecule has 1 aromatic rings. The quantitative estimate of drug-likeness (QED) is 0.821. The Morgan fingerprint density at radius 3 is 2.62 bits per heavy atom. The van der Waals surface area contributed by atoms with E-state index in [9.17, 15) is 0 Å². The van der Waals surface area contributed by atoms with Crippen LogP contribution in [0.5, 0.6) is 0 Å². The molecule has 2 heterocycles. The summed E-state index contributed by atoms with van der Waals surface area (Å²) >= 11 is 0. The highest BCUT2D eigenvalue weighted by atomic mass is 15.2. The van der Waals surface area contributed by atoms with Gasteiger partial charge >= 0.3 is 0 Å². The Morgan fingerprint density at radius 1 is 1.31 bits per heavy atom. The largest absolute Gasteiger partial charge is 0.314 e. The first-order valence-corrected chi connectivity index (χ1v) is 5.92. The van der Waals surface area contributed by atoms with Crippen molar-refractivity contribution in [3.05, 3.63) is 31.2 Å². The summed E-state index contributed by atoms with van der Waals surface area (Å²) in [6, 6.07) is 2.20. The number of piperazine rings is 1. The molecule has 0 aromatic carbocycles. The maximum absolute atomic E-state index is 4.37. The van der Waals surface area contributed by atoms with Crippen LogP contribution in [-0.4, -0.2) is 41.0 Å². The minimum atomic E-state index is 0.334. The minimum absolute atomic E-state index is 0.334. The Bertz CT molecular complexity index is 295. The van der Waals surface area contributed by atoms with Crippen LogP contribution in [0.15, 0.2) is 18.5 Å². The average molecular weight is 219 g/mol. The summed E-state index contributed by atoms with van der Waals surface area (Å²) in [5.41, 5.74) is 0. The fourth-order valence-corrected chi connectivity index (χ4v) is 2.14. The summed E-state index contributed by atoms with van der Waals surface area (Å²) in [4.78, 5) is 11.2. The smallest absolute Gasteiger partial charge is 0.145 e. The van der Waals surface area contributed by atoms with E-state index in [4.69, 9.17) is 0 Å². The zero-order valence-electron chi connectivity index (χ0n) is 9.60. The zero-order valence-corrected chi connectivity index (χ0v) is 9.60. The number of aromatic nitrogens is 2. The first-order valence-electron chi connectivity index (χ1n) is 5.92. The molecule has 1 saturated heterocycles. The first-order chi connectivity index (χ1) is 7.92. The summed E-state index contributed by atoms with van der Waals surface area (Å²) in [7, 11) is 0. The lowest BCUT2D eigenvalue weighted by Crippen LogP contribution is -2.45. The molecule has 0 aliphatic carbocycles. The third-order valence-electron chi connectivity index (χ3n) is 2.95. The van der Waals surface area contributed by atoms with E-state index in [-0.39, 0.29) is 0 Å². The molecule has 4 heteroatoms. The molecule has 0 saturated carbocycles. The highest BCUT2D eigenvalue weighted by Crippen LogP contribution is 2.22. The van der Waals surface area contributed by atoms with Gasteiger partial charge in [-0.15, -0.1) is 0 Å². The third-order valence-corrected chi connectivity index (χ3v) is 2.95. The molecular weight excluding hydrogens is 200 g/mol. The number of nitrogens with zero attached hydrogens (tertiary/aromatic N) is 3. The van der Waals surface area contributed by atoms with Crippen LogP contribution in [0, 0.1) is 6.92 Å². The second kappa shape index (κ2) is 5.92. The predicted octanol–water partition coefficient (Wildman–Crippen LogP) is 1.04. The van der Waals surface area contributed by atoms with E-state index < -0.39 is 0 Å². The molecule has 1 fully saturated rings. The van der Waals surface area contributed by atoms with Gasteiger partial charge in [-0.1, -0.05) is 13.3 Å². The van der Waals surface area contributed by atoms with Gasteiger partial charge in [0.2, 0.25) is 0 Å². The van der Waals surface area contributed by atoms with Crippen molar-refractivity contribution in [2.75, 3.05) is 26.2 Å². The van der Waals surface area contributed by atoms with Crippen molar-refractivity contribution >= 4 is 0 Å². The van der Waals surface area contributed by atoms with E-state index in [0.717, 1.165) is 44.8 Å². The molecule has 1 atom stereocenters. The standard InChI is InChI=1S/C12H19N4/c1-2-4-11(12-14-5-3-6-15-12)16-9-7-13-8-10-16/h3,5-6,11,13H,1-2,4,7-10H2. The summed E-state index contributed by atoms with van der Waals surface area (Å²) in [6.07, 6.45) is 5.60. The van der Waals surface area contributed by atoms with Gasteiger partial charge in [-0.3, -0.25) is 4.90 Å². The van der Waals surface area contributed by atoms with Crippen molar-refractivity contribution in [2.45, 2.75) is 18.9 Å². The summed E-state index contributed by atoms with van der Waals surface area (Å²) in [5.74, 6) is 0.938. The molecule has 16 heavy (non-hydrogen) atoms. The van der Waals surface area contributed by atoms with Crippen LogP contribution < -0.4 is 5.32 Å². The van der Waals surface area contributed by atoms with Crippen molar-refractivity contribution < 1.29 is 0 Å². The molecule has 1 radical (unpaired) electrons. The normalized spacial score (nSPS) is 19.6. The van der Waals surface area contributed by atoms with Gasteiger partial charge in [-0.2, -0.15) is 0 Å². The van der Waals surface area contributed by atoms with Gasteiger partial charge in [0.25, 0.3) is 0 Å². The topological polar surface area (TPSA) is 41.1 Å². The Labute approximate surface area is 97.1 Å². The molecule has 1 unspecified atom stereocenters. The van der Waals surface area contributed by atoms with Crippen LogP contribution in [-0.2, 0) is 0 Å². The van der Waals surface area contributed by atoms with E-state index in [0.29, 0.717) is 6.04 Å². The second-order valence-electron chi connectivity index (χ2n) is 4.05. The van der Waals surface area contributed by atoms with Gasteiger partial charge in [0.15, 0.2) is 0 Å². The van der Waals surface area contributed by atoms with Crippen molar-refractivity contribution in [2.24, 2.45) is 0 Å². The number of hydrogen-bond donors (Lipinski definition) is 1. The van der Waals surface area contributed by atoms with Crippen LogP contribution in [0.1, 0.15) is 24.7 Å². The monoisotopic (exact) mass is 219 g/mol. The van der Waals surface area contributed by atoms with E-state index in [2.05, 4.69) is 27.1 Å². The Kier molecular flexibility index (Phi) is 4.25. The minimum Gasteiger partial charge on any atom is -0.314 e. The molecule has 1 aliphatic heterocycles. The van der Waals surface area contributed by atoms with E-state index in [1.165, 1.54) is 0 Å². The predicted molar refractivity (Wildman–Crippen MR) is 63.8 cm³/mol. The van der Waals surface area contributed by atoms with Gasteiger partial charge in [-0.05, 0) is 12.5 Å². The Morgan fingerprint density at radius 2 is 2.00 bits per heavy atom. The lowest BCUT2D eigenvalue weighted by molar-refractivity contribution is 0.159. The van der Waals surface area contributed by atoms with E-state index >= 15 is 0 Å². The van der Waals surface area contributed by atoms with Crippen LogP contribution in [0.4, 0.5) is 0 Å². The molecular formula is C12H19N4. The highest BCUT2D eigenvalue weighted by molar-refractivity contribution is 4.97. The molecule has 0 spiro atoms. The first kappa shape index (κ1) is 11.5. The molecule has 2 rings (SSSR count). The number of rotatable bonds is 4. The Hall–Kier alpha value is -1.00. The molecule has 1 N–H and O–H groups in total. The van der Waals surface area contributed by atoms with Crippen LogP contribution in [0.25, 0.3) is 0 Å². The molecule has 1 aromatic heterocycles. The Balaban J connectivity index is 2.09. The lowest BCUT2D eigenvalue weighted by Gasteiger charge is -2.33. The van der Waals surface area contributed by atoms with Gasteiger partial charge in [-0.25, -0.2) is 9.97 Å². The van der Waals surface area contributed by atoms with Crippen molar-refractivity contribution in [1.82, 2.24) is 20.2 Å². The lowest BCUT2D eigenvalue weighted by atomic mass is 10.1. The zero-order chi connectivity index (χ0) is 11.2. The van der Waals surface area contributed by atoms with Crippen molar-refractivity contribution in [3.8, 4) is 0 Å². The van der Waals surface area contributed by atoms with E-state index in [1.54, 1.807) is 0 Å². The van der Waals surface area contributed by atoms with Crippen LogP contribution in [0.2, 0.25) is 0 Å². The molecule has 0 bridgehead atoms. The maximum Gasteiger partial charge on any atom is 0.145 e. The van der Waals surface area contributed by atoms with Gasteiger partial charge in [0.1, 0.15) is 5.82 Å². The summed E-state index contributed by atoms with van der Waals surface area (Å²) in [5, 5.41) is 3.37. The summed E-state index contributed by atoms with van der Waals surface area (Å²) < 4.78 is 0. The summed E-state index contributed by atoms with van der Waals surface area (Å²) in [6.45, 7) is 8.20. The molecule has 0 amide bonds. The maximum atomic E-state index is 4.37. The number of nitrogens with one attached hydrogen (secondary N) is 1. The van der Waals surface area contributed by atoms with Gasteiger partial charge < -0.3 is 5.32 Å². The highest BCUT2D eigenvalue weighted by Gasteiger charge is 2.22.